The summed E-state index contributed by atoms with van der Waals surface area (Å²) < 4.78 is 45.0. The van der Waals surface area contributed by atoms with Gasteiger partial charge < -0.3 is 9.64 Å². The molecule has 0 amide bonds. The molecule has 2 rings (SSSR count). The molecule has 1 aliphatic rings. The molecule has 0 N–H and O–H groups in total. The minimum absolute atomic E-state index is 0.0249. The number of likely N-dealkylation sites (N-methyl/N-ethyl adjacent to an activating group) is 1. The first kappa shape index (κ1) is 15.6. The topological polar surface area (TPSA) is 12.5 Å². The predicted octanol–water partition coefficient (Wildman–Crippen LogP) is 4.22. The van der Waals surface area contributed by atoms with Crippen LogP contribution in [0.25, 0.3) is 0 Å². The van der Waals surface area contributed by atoms with Gasteiger partial charge in [-0.3, -0.25) is 0 Å². The van der Waals surface area contributed by atoms with Crippen LogP contribution in [0.5, 0.6) is 0 Å². The molecule has 1 heterocycles. The van der Waals surface area contributed by atoms with Gasteiger partial charge in [-0.05, 0) is 30.5 Å². The van der Waals surface area contributed by atoms with Gasteiger partial charge in [-0.25, -0.2) is 0 Å². The molecule has 1 unspecified atom stereocenters. The first-order chi connectivity index (χ1) is 9.41. The summed E-state index contributed by atoms with van der Waals surface area (Å²) in [6.07, 6.45) is -2.44. The monoisotopic (exact) mass is 351 g/mol. The fraction of sp³-hybridized carbons (Fsp3) is 0.571. The molecular weight excluding hydrogens is 335 g/mol. The Morgan fingerprint density at radius 1 is 1.40 bits per heavy atom. The summed E-state index contributed by atoms with van der Waals surface area (Å²) in [7, 11) is 1.68. The van der Waals surface area contributed by atoms with E-state index in [1.165, 1.54) is 12.1 Å². The van der Waals surface area contributed by atoms with E-state index in [0.717, 1.165) is 12.8 Å². The Hall–Kier alpha value is -0.750. The fourth-order valence-electron chi connectivity index (χ4n) is 2.42. The van der Waals surface area contributed by atoms with E-state index in [9.17, 15) is 13.2 Å². The number of rotatable bonds is 4. The lowest BCUT2D eigenvalue weighted by Gasteiger charge is -2.26. The Morgan fingerprint density at radius 3 is 2.70 bits per heavy atom. The van der Waals surface area contributed by atoms with Crippen molar-refractivity contribution in [2.45, 2.75) is 30.5 Å². The molecule has 0 spiro atoms. The van der Waals surface area contributed by atoms with Crippen molar-refractivity contribution >= 4 is 21.6 Å². The molecule has 20 heavy (non-hydrogen) atoms. The van der Waals surface area contributed by atoms with Gasteiger partial charge in [0, 0.05) is 31.2 Å². The van der Waals surface area contributed by atoms with Gasteiger partial charge in [-0.15, -0.1) is 0 Å². The van der Waals surface area contributed by atoms with Crippen LogP contribution in [-0.4, -0.2) is 26.3 Å². The van der Waals surface area contributed by atoms with E-state index in [0.29, 0.717) is 24.0 Å². The van der Waals surface area contributed by atoms with Gasteiger partial charge in [0.2, 0.25) is 0 Å². The number of anilines is 1. The van der Waals surface area contributed by atoms with Gasteiger partial charge in [-0.1, -0.05) is 22.0 Å². The lowest BCUT2D eigenvalue weighted by atomic mass is 10.1. The summed E-state index contributed by atoms with van der Waals surface area (Å²) in [5.41, 5.74) is 0.235. The van der Waals surface area contributed by atoms with Crippen molar-refractivity contribution in [3.05, 3.63) is 29.3 Å². The highest BCUT2D eigenvalue weighted by atomic mass is 79.9. The van der Waals surface area contributed by atoms with Crippen molar-refractivity contribution in [3.8, 4) is 0 Å². The molecule has 1 aromatic rings. The number of hydrogen-bond donors (Lipinski definition) is 0. The quantitative estimate of drug-likeness (QED) is 0.753. The molecule has 0 radical (unpaired) electrons. The Kier molecular flexibility index (Phi) is 4.96. The summed E-state index contributed by atoms with van der Waals surface area (Å²) in [5, 5.41) is 0.409. The first-order valence-electron chi connectivity index (χ1n) is 6.50. The van der Waals surface area contributed by atoms with Crippen molar-refractivity contribution in [2.24, 2.45) is 0 Å². The zero-order valence-electron chi connectivity index (χ0n) is 11.2. The van der Waals surface area contributed by atoms with E-state index in [-0.39, 0.29) is 11.8 Å². The SMILES string of the molecule is CN(CC1CCCO1)c1ccc(CBr)cc1C(F)(F)F. The summed E-state index contributed by atoms with van der Waals surface area (Å²) in [5.74, 6) is 0. The molecule has 112 valence electrons. The maximum absolute atomic E-state index is 13.2. The molecule has 1 atom stereocenters. The van der Waals surface area contributed by atoms with Crippen molar-refractivity contribution in [1.82, 2.24) is 0 Å². The lowest BCUT2D eigenvalue weighted by Crippen LogP contribution is -2.30. The van der Waals surface area contributed by atoms with Crippen LogP contribution in [-0.2, 0) is 16.2 Å². The average molecular weight is 352 g/mol. The third-order valence-electron chi connectivity index (χ3n) is 3.43. The highest BCUT2D eigenvalue weighted by molar-refractivity contribution is 9.08. The minimum Gasteiger partial charge on any atom is -0.376 e. The van der Waals surface area contributed by atoms with Gasteiger partial charge in [-0.2, -0.15) is 13.2 Å². The van der Waals surface area contributed by atoms with E-state index in [1.54, 1.807) is 18.0 Å². The summed E-state index contributed by atoms with van der Waals surface area (Å²) in [6.45, 7) is 1.18. The maximum Gasteiger partial charge on any atom is 0.418 e. The zero-order valence-corrected chi connectivity index (χ0v) is 12.8. The number of nitrogens with zero attached hydrogens (tertiary/aromatic N) is 1. The smallest absolute Gasteiger partial charge is 0.376 e. The van der Waals surface area contributed by atoms with Crippen molar-refractivity contribution in [1.29, 1.82) is 0 Å². The van der Waals surface area contributed by atoms with Crippen LogP contribution in [0.4, 0.5) is 18.9 Å². The second-order valence-corrected chi connectivity index (χ2v) is 5.56. The predicted molar refractivity (Wildman–Crippen MR) is 76.3 cm³/mol. The molecule has 0 aromatic heterocycles. The van der Waals surface area contributed by atoms with Crippen LogP contribution in [0.1, 0.15) is 24.0 Å². The zero-order chi connectivity index (χ0) is 14.8. The summed E-state index contributed by atoms with van der Waals surface area (Å²) in [4.78, 5) is 1.64. The van der Waals surface area contributed by atoms with Crippen molar-refractivity contribution in [2.75, 3.05) is 25.1 Å². The van der Waals surface area contributed by atoms with Gasteiger partial charge >= 0.3 is 6.18 Å². The standard InChI is InChI=1S/C14H17BrF3NO/c1-19(9-11-3-2-6-20-11)13-5-4-10(8-15)7-12(13)14(16,17)18/h4-5,7,11H,2-3,6,8-9H2,1H3. The fourth-order valence-corrected chi connectivity index (χ4v) is 2.77. The van der Waals surface area contributed by atoms with Gasteiger partial charge in [0.05, 0.1) is 11.7 Å². The second kappa shape index (κ2) is 6.35. The van der Waals surface area contributed by atoms with Crippen molar-refractivity contribution < 1.29 is 17.9 Å². The van der Waals surface area contributed by atoms with Gasteiger partial charge in [0.15, 0.2) is 0 Å². The molecule has 1 aliphatic heterocycles. The number of benzene rings is 1. The first-order valence-corrected chi connectivity index (χ1v) is 7.63. The number of alkyl halides is 4. The van der Waals surface area contributed by atoms with E-state index in [1.807, 2.05) is 0 Å². The van der Waals surface area contributed by atoms with E-state index < -0.39 is 11.7 Å². The number of halogens is 4. The van der Waals surface area contributed by atoms with Crippen LogP contribution >= 0.6 is 15.9 Å². The highest BCUT2D eigenvalue weighted by Crippen LogP contribution is 2.37. The second-order valence-electron chi connectivity index (χ2n) is 5.00. The molecule has 1 aromatic carbocycles. The molecule has 2 nitrogen and oxygen atoms in total. The van der Waals surface area contributed by atoms with E-state index >= 15 is 0 Å². The normalized spacial score (nSPS) is 19.4. The molecule has 1 fully saturated rings. The summed E-state index contributed by atoms with van der Waals surface area (Å²) in [6, 6.07) is 4.45. The Balaban J connectivity index is 2.24. The Labute approximate surface area is 125 Å². The average Bonchev–Trinajstić information content (AvgIpc) is 2.89. The largest absolute Gasteiger partial charge is 0.418 e. The molecule has 0 bridgehead atoms. The van der Waals surface area contributed by atoms with E-state index in [4.69, 9.17) is 4.74 Å². The third kappa shape index (κ3) is 3.67. The van der Waals surface area contributed by atoms with Gasteiger partial charge in [0.1, 0.15) is 0 Å². The van der Waals surface area contributed by atoms with Crippen LogP contribution in [0.2, 0.25) is 0 Å². The van der Waals surface area contributed by atoms with Crippen LogP contribution < -0.4 is 4.90 Å². The molecular formula is C14H17BrF3NO. The van der Waals surface area contributed by atoms with Crippen LogP contribution in [0, 0.1) is 0 Å². The molecule has 0 aliphatic carbocycles. The molecule has 6 heteroatoms. The summed E-state index contributed by atoms with van der Waals surface area (Å²) >= 11 is 3.19. The Morgan fingerprint density at radius 2 is 2.15 bits per heavy atom. The Bertz CT molecular complexity index is 458. The maximum atomic E-state index is 13.2. The number of ether oxygens (including phenoxy) is 1. The minimum atomic E-state index is -4.35. The molecule has 1 saturated heterocycles. The van der Waals surface area contributed by atoms with Crippen molar-refractivity contribution in [3.63, 3.8) is 0 Å². The van der Waals surface area contributed by atoms with Crippen LogP contribution in [0.3, 0.4) is 0 Å². The third-order valence-corrected chi connectivity index (χ3v) is 4.08. The highest BCUT2D eigenvalue weighted by Gasteiger charge is 2.35. The van der Waals surface area contributed by atoms with E-state index in [2.05, 4.69) is 15.9 Å². The van der Waals surface area contributed by atoms with Crippen LogP contribution in [0.15, 0.2) is 18.2 Å². The van der Waals surface area contributed by atoms with Gasteiger partial charge in [0.25, 0.3) is 0 Å². The molecule has 0 saturated carbocycles. The number of hydrogen-bond acceptors (Lipinski definition) is 2. The lowest BCUT2D eigenvalue weighted by molar-refractivity contribution is -0.137.